The topological polar surface area (TPSA) is 8.17 Å². The fourth-order valence-electron chi connectivity index (χ4n) is 9.90. The number of para-hydroxylation sites is 2. The Balaban J connectivity index is 0.991. The molecule has 292 valence electrons. The highest BCUT2D eigenvalue weighted by Crippen LogP contribution is 2.52. The monoisotopic (exact) mass is 782 g/mol. The molecule has 1 aliphatic carbocycles. The molecule has 1 aromatic heterocycles. The van der Waals surface area contributed by atoms with E-state index in [-0.39, 0.29) is 5.41 Å². The molecule has 9 aromatic carbocycles. The van der Waals surface area contributed by atoms with Crippen molar-refractivity contribution in [2.45, 2.75) is 33.1 Å². The van der Waals surface area contributed by atoms with E-state index in [1.165, 1.54) is 94.3 Å². The molecular weight excluding hydrogens is 737 g/mol. The van der Waals surface area contributed by atoms with Crippen LogP contribution in [0.25, 0.3) is 72.0 Å². The van der Waals surface area contributed by atoms with Crippen molar-refractivity contribution in [3.8, 4) is 50.2 Å². The van der Waals surface area contributed by atoms with E-state index in [2.05, 4.69) is 243 Å². The van der Waals surface area contributed by atoms with Gasteiger partial charge >= 0.3 is 0 Å². The number of fused-ring (bicyclic) bond motifs is 6. The third-order valence-electron chi connectivity index (χ3n) is 12.8. The largest absolute Gasteiger partial charge is 0.310 e. The van der Waals surface area contributed by atoms with Gasteiger partial charge in [0.2, 0.25) is 0 Å². The van der Waals surface area contributed by atoms with Crippen LogP contribution >= 0.6 is 0 Å². The lowest BCUT2D eigenvalue weighted by Gasteiger charge is -2.28. The Morgan fingerprint density at radius 2 is 0.836 bits per heavy atom. The van der Waals surface area contributed by atoms with E-state index in [9.17, 15) is 0 Å². The molecule has 11 rings (SSSR count). The highest BCUT2D eigenvalue weighted by molar-refractivity contribution is 6.09. The molecule has 0 radical (unpaired) electrons. The van der Waals surface area contributed by atoms with Gasteiger partial charge in [0.05, 0.1) is 11.0 Å². The average molecular weight is 783 g/mol. The molecule has 2 nitrogen and oxygen atoms in total. The predicted octanol–water partition coefficient (Wildman–Crippen LogP) is 16.2. The summed E-state index contributed by atoms with van der Waals surface area (Å²) in [4.78, 5) is 2.41. The molecule has 0 aliphatic heterocycles. The summed E-state index contributed by atoms with van der Waals surface area (Å²) in [5.74, 6) is 0. The Hall–Kier alpha value is -7.42. The van der Waals surface area contributed by atoms with Crippen molar-refractivity contribution in [3.05, 3.63) is 229 Å². The number of hydrogen-bond donors (Lipinski definition) is 0. The average Bonchev–Trinajstić information content (AvgIpc) is 3.75. The van der Waals surface area contributed by atoms with E-state index in [1.807, 2.05) is 0 Å². The first-order valence-electron chi connectivity index (χ1n) is 21.3. The van der Waals surface area contributed by atoms with Crippen LogP contribution in [0.3, 0.4) is 0 Å². The third-order valence-corrected chi connectivity index (χ3v) is 12.8. The van der Waals surface area contributed by atoms with Crippen LogP contribution in [0.4, 0.5) is 17.1 Å². The zero-order valence-electron chi connectivity index (χ0n) is 35.0. The quantitative estimate of drug-likeness (QED) is 0.156. The number of nitrogens with zero attached hydrogens (tertiary/aromatic N) is 2. The second-order valence-corrected chi connectivity index (χ2v) is 17.2. The minimum absolute atomic E-state index is 0.219. The summed E-state index contributed by atoms with van der Waals surface area (Å²) in [6, 6.07) is 76.1. The van der Waals surface area contributed by atoms with Crippen molar-refractivity contribution in [3.63, 3.8) is 0 Å². The minimum Gasteiger partial charge on any atom is -0.310 e. The van der Waals surface area contributed by atoms with Gasteiger partial charge in [-0.1, -0.05) is 165 Å². The van der Waals surface area contributed by atoms with Crippen LogP contribution < -0.4 is 4.90 Å². The lowest BCUT2D eigenvalue weighted by Crippen LogP contribution is -2.17. The van der Waals surface area contributed by atoms with Crippen LogP contribution in [0, 0.1) is 13.8 Å². The van der Waals surface area contributed by atoms with Crippen LogP contribution in [0.5, 0.6) is 0 Å². The minimum atomic E-state index is -0.219. The van der Waals surface area contributed by atoms with Crippen molar-refractivity contribution >= 4 is 38.9 Å². The van der Waals surface area contributed by atoms with Crippen molar-refractivity contribution in [1.29, 1.82) is 0 Å². The number of benzene rings is 9. The van der Waals surface area contributed by atoms with Crippen LogP contribution in [0.1, 0.15) is 36.1 Å². The number of aryl methyl sites for hydroxylation is 2. The normalized spacial score (nSPS) is 12.7. The second kappa shape index (κ2) is 14.4. The molecule has 0 saturated heterocycles. The highest BCUT2D eigenvalue weighted by Gasteiger charge is 2.36. The lowest BCUT2D eigenvalue weighted by atomic mass is 9.82. The van der Waals surface area contributed by atoms with Gasteiger partial charge in [-0.05, 0) is 136 Å². The molecule has 0 N–H and O–H groups in total. The van der Waals surface area contributed by atoms with Crippen LogP contribution in [-0.2, 0) is 5.41 Å². The first kappa shape index (κ1) is 36.6. The van der Waals surface area contributed by atoms with Gasteiger partial charge in [0.1, 0.15) is 0 Å². The summed E-state index contributed by atoms with van der Waals surface area (Å²) in [7, 11) is 0. The molecule has 0 fully saturated rings. The summed E-state index contributed by atoms with van der Waals surface area (Å²) in [5.41, 5.74) is 22.0. The summed E-state index contributed by atoms with van der Waals surface area (Å²) >= 11 is 0. The Kier molecular flexibility index (Phi) is 8.65. The zero-order chi connectivity index (χ0) is 41.2. The number of aromatic nitrogens is 1. The fourth-order valence-corrected chi connectivity index (χ4v) is 9.90. The molecule has 0 amide bonds. The van der Waals surface area contributed by atoms with Crippen molar-refractivity contribution < 1.29 is 0 Å². The molecule has 0 atom stereocenters. The number of hydrogen-bond acceptors (Lipinski definition) is 1. The number of anilines is 3. The smallest absolute Gasteiger partial charge is 0.0541 e. The van der Waals surface area contributed by atoms with E-state index in [4.69, 9.17) is 0 Å². The van der Waals surface area contributed by atoms with E-state index >= 15 is 0 Å². The van der Waals surface area contributed by atoms with Gasteiger partial charge in [-0.2, -0.15) is 0 Å². The maximum absolute atomic E-state index is 2.43. The maximum Gasteiger partial charge on any atom is 0.0541 e. The van der Waals surface area contributed by atoms with Gasteiger partial charge in [-0.25, -0.2) is 0 Å². The molecule has 2 heteroatoms. The zero-order valence-corrected chi connectivity index (χ0v) is 35.0. The second-order valence-electron chi connectivity index (χ2n) is 17.2. The van der Waals surface area contributed by atoms with E-state index < -0.39 is 0 Å². The molecule has 1 heterocycles. The Labute approximate surface area is 358 Å². The molecule has 0 unspecified atom stereocenters. The summed E-state index contributed by atoms with van der Waals surface area (Å²) in [6.07, 6.45) is 0. The summed E-state index contributed by atoms with van der Waals surface area (Å²) in [6.45, 7) is 9.11. The molecule has 0 spiro atoms. The first-order valence-corrected chi connectivity index (χ1v) is 21.3. The van der Waals surface area contributed by atoms with E-state index in [0.717, 1.165) is 17.1 Å². The van der Waals surface area contributed by atoms with Gasteiger partial charge in [-0.15, -0.1) is 0 Å². The third kappa shape index (κ3) is 6.26. The van der Waals surface area contributed by atoms with Gasteiger partial charge in [0.15, 0.2) is 0 Å². The molecule has 0 bridgehead atoms. The predicted molar refractivity (Wildman–Crippen MR) is 259 cm³/mol. The molecule has 1 aliphatic rings. The van der Waals surface area contributed by atoms with E-state index in [0.29, 0.717) is 0 Å². The van der Waals surface area contributed by atoms with E-state index in [1.54, 1.807) is 0 Å². The van der Waals surface area contributed by atoms with Gasteiger partial charge < -0.3 is 9.47 Å². The summed E-state index contributed by atoms with van der Waals surface area (Å²) in [5, 5.41) is 2.56. The Morgan fingerprint density at radius 3 is 1.46 bits per heavy atom. The van der Waals surface area contributed by atoms with Crippen LogP contribution in [0.15, 0.2) is 206 Å². The van der Waals surface area contributed by atoms with Crippen molar-refractivity contribution in [2.75, 3.05) is 4.90 Å². The molecule has 61 heavy (non-hydrogen) atoms. The molecular formula is C59H46N2. The van der Waals surface area contributed by atoms with Crippen molar-refractivity contribution in [1.82, 2.24) is 4.57 Å². The first-order chi connectivity index (χ1) is 29.8. The Morgan fingerprint density at radius 1 is 0.361 bits per heavy atom. The highest BCUT2D eigenvalue weighted by atomic mass is 15.1. The maximum atomic E-state index is 2.43. The Bertz CT molecular complexity index is 3200. The van der Waals surface area contributed by atoms with Gasteiger partial charge in [-0.3, -0.25) is 0 Å². The SMILES string of the molecule is Cc1cc(C)cc(-c2cccc(-c3ccc(N(c4ccc(-c5ccccc5)cc4)c4ccc5c(c4)C(C)(C)c4cc(-n6c7ccccc7c7ccccc76)ccc4-5)cc3)c2)c1. The molecule has 0 saturated carbocycles. The number of rotatable bonds is 7. The molecule has 10 aromatic rings. The van der Waals surface area contributed by atoms with Crippen LogP contribution in [0.2, 0.25) is 0 Å². The summed E-state index contributed by atoms with van der Waals surface area (Å²) < 4.78 is 2.43. The van der Waals surface area contributed by atoms with Crippen LogP contribution in [-0.4, -0.2) is 4.57 Å². The van der Waals surface area contributed by atoms with Crippen molar-refractivity contribution in [2.24, 2.45) is 0 Å². The standard InChI is InChI=1S/C59H46N2/c1-39-33-40(2)35-46(34-39)45-16-12-15-44(36-45)43-23-27-48(28-24-43)60(47-25-21-42(22-26-47)41-13-6-5-7-14-41)49-29-31-51-52-32-30-50(38-56(52)59(3,4)55(51)37-49)61-57-19-10-8-17-53(57)54-18-9-11-20-58(54)61/h5-38H,1-4H3. The lowest BCUT2D eigenvalue weighted by molar-refractivity contribution is 0.660. The van der Waals surface area contributed by atoms with Gasteiger partial charge in [0, 0.05) is 38.9 Å². The fraction of sp³-hybridized carbons (Fsp3) is 0.0847. The van der Waals surface area contributed by atoms with Gasteiger partial charge in [0.25, 0.3) is 0 Å².